The van der Waals surface area contributed by atoms with Gasteiger partial charge in [-0.2, -0.15) is 0 Å². The average Bonchev–Trinajstić information content (AvgIpc) is 3.51. The number of aromatic nitrogens is 3. The first kappa shape index (κ1) is 20.4. The first-order chi connectivity index (χ1) is 15.7. The summed E-state index contributed by atoms with van der Waals surface area (Å²) in [7, 11) is 0. The maximum Gasteiger partial charge on any atom is 0.254 e. The molecule has 3 unspecified atom stereocenters. The molecule has 3 aromatic rings. The summed E-state index contributed by atoms with van der Waals surface area (Å²) in [6.07, 6.45) is 12.1. The minimum Gasteiger partial charge on any atom is -0.350 e. The summed E-state index contributed by atoms with van der Waals surface area (Å²) in [5.41, 5.74) is 1.56. The molecular weight excluding hydrogens is 402 g/mol. The molecule has 2 fully saturated rings. The Balaban J connectivity index is 1.29. The van der Waals surface area contributed by atoms with Crippen LogP contribution in [-0.4, -0.2) is 43.3 Å². The van der Waals surface area contributed by atoms with Gasteiger partial charge in [-0.1, -0.05) is 37.1 Å². The zero-order chi connectivity index (χ0) is 21.9. The van der Waals surface area contributed by atoms with Crippen molar-refractivity contribution in [2.45, 2.75) is 50.7 Å². The topological polar surface area (TPSA) is 80.1 Å². The van der Waals surface area contributed by atoms with Gasteiger partial charge in [0, 0.05) is 36.7 Å². The Kier molecular flexibility index (Phi) is 5.71. The van der Waals surface area contributed by atoms with Crippen molar-refractivity contribution in [3.63, 3.8) is 0 Å². The molecule has 7 nitrogen and oxygen atoms in total. The highest BCUT2D eigenvalue weighted by Gasteiger charge is 2.47. The van der Waals surface area contributed by atoms with E-state index in [1.54, 1.807) is 18.7 Å². The van der Waals surface area contributed by atoms with Gasteiger partial charge in [0.15, 0.2) is 0 Å². The number of benzene rings is 1. The molecule has 164 valence electrons. The van der Waals surface area contributed by atoms with Crippen LogP contribution in [0.5, 0.6) is 0 Å². The summed E-state index contributed by atoms with van der Waals surface area (Å²) in [5, 5.41) is 3.05. The molecule has 1 saturated carbocycles. The summed E-state index contributed by atoms with van der Waals surface area (Å²) in [6.45, 7) is 0.384. The van der Waals surface area contributed by atoms with Crippen LogP contribution in [0.2, 0.25) is 0 Å². The fraction of sp³-hybridized carbons (Fsp3) is 0.360. The van der Waals surface area contributed by atoms with Crippen LogP contribution < -0.4 is 5.32 Å². The number of pyridine rings is 1. The van der Waals surface area contributed by atoms with Crippen LogP contribution in [0.4, 0.5) is 0 Å². The summed E-state index contributed by atoms with van der Waals surface area (Å²) < 4.78 is 1.83. The van der Waals surface area contributed by atoms with Crippen molar-refractivity contribution in [1.82, 2.24) is 24.8 Å². The fourth-order valence-electron chi connectivity index (χ4n) is 5.09. The Labute approximate surface area is 187 Å². The van der Waals surface area contributed by atoms with Crippen LogP contribution in [0.3, 0.4) is 0 Å². The van der Waals surface area contributed by atoms with E-state index in [0.29, 0.717) is 18.0 Å². The van der Waals surface area contributed by atoms with Gasteiger partial charge in [-0.3, -0.25) is 14.2 Å². The number of hydrogen-bond donors (Lipinski definition) is 1. The normalized spacial score (nSPS) is 22.4. The molecule has 2 amide bonds. The Morgan fingerprint density at radius 1 is 1.06 bits per heavy atom. The predicted octanol–water partition coefficient (Wildman–Crippen LogP) is 3.36. The Morgan fingerprint density at radius 2 is 1.91 bits per heavy atom. The van der Waals surface area contributed by atoms with Crippen LogP contribution in [0.25, 0.3) is 5.82 Å². The number of fused-ring (bicyclic) bond motifs is 1. The van der Waals surface area contributed by atoms with Gasteiger partial charge in [-0.15, -0.1) is 0 Å². The lowest BCUT2D eigenvalue weighted by atomic mass is 9.84. The highest BCUT2D eigenvalue weighted by molar-refractivity contribution is 5.98. The number of carbonyl (C=O) groups excluding carboxylic acids is 2. The number of likely N-dealkylation sites (tertiary alicyclic amines) is 1. The summed E-state index contributed by atoms with van der Waals surface area (Å²) in [5.74, 6) is 1.06. The largest absolute Gasteiger partial charge is 0.350 e. The predicted molar refractivity (Wildman–Crippen MR) is 120 cm³/mol. The molecule has 0 radical (unpaired) electrons. The van der Waals surface area contributed by atoms with E-state index >= 15 is 0 Å². The lowest BCUT2D eigenvalue weighted by Gasteiger charge is -2.33. The van der Waals surface area contributed by atoms with Gasteiger partial charge in [0.2, 0.25) is 5.91 Å². The molecule has 7 heteroatoms. The van der Waals surface area contributed by atoms with E-state index in [4.69, 9.17) is 0 Å². The number of amides is 2. The molecule has 1 aromatic carbocycles. The molecule has 3 heterocycles. The van der Waals surface area contributed by atoms with E-state index < -0.39 is 6.04 Å². The van der Waals surface area contributed by atoms with Crippen LogP contribution in [0.1, 0.15) is 48.0 Å². The van der Waals surface area contributed by atoms with Gasteiger partial charge in [0.05, 0.1) is 0 Å². The van der Waals surface area contributed by atoms with E-state index in [1.807, 2.05) is 58.1 Å². The summed E-state index contributed by atoms with van der Waals surface area (Å²) in [6, 6.07) is 12.9. The second-order valence-electron chi connectivity index (χ2n) is 8.65. The van der Waals surface area contributed by atoms with Gasteiger partial charge >= 0.3 is 0 Å². The molecule has 32 heavy (non-hydrogen) atoms. The highest BCUT2D eigenvalue weighted by Crippen LogP contribution is 2.40. The van der Waals surface area contributed by atoms with Gasteiger partial charge in [-0.05, 0) is 48.9 Å². The van der Waals surface area contributed by atoms with Crippen molar-refractivity contribution in [1.29, 1.82) is 0 Å². The Bertz CT molecular complexity index is 1070. The fourth-order valence-corrected chi connectivity index (χ4v) is 5.09. The van der Waals surface area contributed by atoms with Crippen molar-refractivity contribution in [3.05, 3.63) is 78.5 Å². The molecule has 1 aliphatic carbocycles. The van der Waals surface area contributed by atoms with Crippen molar-refractivity contribution in [3.8, 4) is 5.82 Å². The second-order valence-corrected chi connectivity index (χ2v) is 8.65. The molecule has 2 aliphatic rings. The molecular formula is C25H27N5O2. The van der Waals surface area contributed by atoms with E-state index in [-0.39, 0.29) is 17.9 Å². The number of nitrogens with zero attached hydrogens (tertiary/aromatic N) is 4. The lowest BCUT2D eigenvalue weighted by Crippen LogP contribution is -2.49. The molecule has 1 N–H and O–H groups in total. The van der Waals surface area contributed by atoms with Crippen LogP contribution in [0, 0.1) is 5.92 Å². The maximum absolute atomic E-state index is 13.4. The minimum absolute atomic E-state index is 0.0356. The van der Waals surface area contributed by atoms with Gasteiger partial charge < -0.3 is 10.2 Å². The Morgan fingerprint density at radius 3 is 2.66 bits per heavy atom. The van der Waals surface area contributed by atoms with Crippen molar-refractivity contribution < 1.29 is 9.59 Å². The molecule has 1 saturated heterocycles. The monoisotopic (exact) mass is 429 g/mol. The third-order valence-corrected chi connectivity index (χ3v) is 6.69. The Hall–Kier alpha value is -3.48. The standard InChI is InChI=1S/C25H27N5O2/c31-24(28-16-18-10-11-23(27-15-18)29-13-12-26-17-29)22-14-20-8-4-5-9-21(20)30(22)25(32)19-6-2-1-3-7-19/h1-3,6-7,10-13,15,17,20-22H,4-5,8-9,14,16H2,(H,28,31). The molecule has 1 aliphatic heterocycles. The van der Waals surface area contributed by atoms with E-state index in [0.717, 1.165) is 37.1 Å². The number of carbonyl (C=O) groups is 2. The van der Waals surface area contributed by atoms with E-state index in [1.165, 1.54) is 6.42 Å². The quantitative estimate of drug-likeness (QED) is 0.675. The number of hydrogen-bond acceptors (Lipinski definition) is 4. The number of nitrogens with one attached hydrogen (secondary N) is 1. The zero-order valence-electron chi connectivity index (χ0n) is 17.9. The average molecular weight is 430 g/mol. The highest BCUT2D eigenvalue weighted by atomic mass is 16.2. The van der Waals surface area contributed by atoms with Crippen molar-refractivity contribution >= 4 is 11.8 Å². The number of rotatable bonds is 5. The smallest absolute Gasteiger partial charge is 0.254 e. The van der Waals surface area contributed by atoms with E-state index in [9.17, 15) is 9.59 Å². The molecule has 5 rings (SSSR count). The molecule has 3 atom stereocenters. The summed E-state index contributed by atoms with van der Waals surface area (Å²) >= 11 is 0. The van der Waals surface area contributed by atoms with Gasteiger partial charge in [0.1, 0.15) is 18.2 Å². The van der Waals surface area contributed by atoms with Crippen LogP contribution in [0.15, 0.2) is 67.4 Å². The zero-order valence-corrected chi connectivity index (χ0v) is 17.9. The second kappa shape index (κ2) is 8.94. The van der Waals surface area contributed by atoms with Gasteiger partial charge in [-0.25, -0.2) is 9.97 Å². The maximum atomic E-state index is 13.4. The lowest BCUT2D eigenvalue weighted by molar-refractivity contribution is -0.125. The van der Waals surface area contributed by atoms with E-state index in [2.05, 4.69) is 15.3 Å². The first-order valence-corrected chi connectivity index (χ1v) is 11.3. The van der Waals surface area contributed by atoms with Crippen LogP contribution in [-0.2, 0) is 11.3 Å². The molecule has 2 aromatic heterocycles. The van der Waals surface area contributed by atoms with Crippen molar-refractivity contribution in [2.75, 3.05) is 0 Å². The third kappa shape index (κ3) is 4.02. The summed E-state index contributed by atoms with van der Waals surface area (Å²) in [4.78, 5) is 36.9. The first-order valence-electron chi connectivity index (χ1n) is 11.3. The van der Waals surface area contributed by atoms with Crippen molar-refractivity contribution in [2.24, 2.45) is 5.92 Å². The van der Waals surface area contributed by atoms with Crippen LogP contribution >= 0.6 is 0 Å². The third-order valence-electron chi connectivity index (χ3n) is 6.69. The molecule has 0 bridgehead atoms. The SMILES string of the molecule is O=C(NCc1ccc(-n2ccnc2)nc1)C1CC2CCCCC2N1C(=O)c1ccccc1. The minimum atomic E-state index is -0.422. The molecule has 0 spiro atoms. The van der Waals surface area contributed by atoms with Gasteiger partial charge in [0.25, 0.3) is 5.91 Å². The number of imidazole rings is 1.